The highest BCUT2D eigenvalue weighted by molar-refractivity contribution is 9.09. The molecule has 0 radical (unpaired) electrons. The maximum atomic E-state index is 6.22. The molecule has 0 amide bonds. The van der Waals surface area contributed by atoms with E-state index in [2.05, 4.69) is 112 Å². The Morgan fingerprint density at radius 3 is 2.64 bits per heavy atom. The van der Waals surface area contributed by atoms with Gasteiger partial charge in [-0.1, -0.05) is 70.6 Å². The highest BCUT2D eigenvalue weighted by atomic mass is 79.9. The van der Waals surface area contributed by atoms with Gasteiger partial charge in [0.05, 0.1) is 5.52 Å². The Kier molecular flexibility index (Phi) is 4.28. The standard InChI is InChI=1S/C30H22BrNO/c31-21-12-15-29-26(18-21)24-13-10-20(17-30(24)33-29)19-11-14-28-25(16-19)23-8-4-5-9-27(23)32(28)22-6-2-1-3-7-22/h1-4,6-8,10-17,21H,5,9,18H2. The van der Waals surface area contributed by atoms with Gasteiger partial charge in [0, 0.05) is 38.1 Å². The highest BCUT2D eigenvalue weighted by Gasteiger charge is 2.21. The fraction of sp³-hybridized carbons (Fsp3) is 0.133. The summed E-state index contributed by atoms with van der Waals surface area (Å²) in [5.41, 5.74) is 9.93. The predicted octanol–water partition coefficient (Wildman–Crippen LogP) is 8.34. The molecule has 1 atom stereocenters. The number of benzene rings is 3. The normalized spacial score (nSPS) is 16.9. The van der Waals surface area contributed by atoms with Crippen LogP contribution in [0.1, 0.15) is 29.0 Å². The Hall–Kier alpha value is -3.30. The Labute approximate surface area is 201 Å². The topological polar surface area (TPSA) is 18.1 Å². The van der Waals surface area contributed by atoms with Crippen LogP contribution in [0, 0.1) is 0 Å². The number of fused-ring (bicyclic) bond motifs is 6. The molecule has 2 aliphatic carbocycles. The molecule has 0 fully saturated rings. The number of halogens is 1. The van der Waals surface area contributed by atoms with Crippen molar-refractivity contribution in [2.24, 2.45) is 0 Å². The first-order chi connectivity index (χ1) is 16.3. The second-order valence-electron chi connectivity index (χ2n) is 8.94. The molecule has 0 saturated carbocycles. The third kappa shape index (κ3) is 2.99. The van der Waals surface area contributed by atoms with Gasteiger partial charge in [0.15, 0.2) is 0 Å². The van der Waals surface area contributed by atoms with E-state index in [0.717, 1.165) is 30.6 Å². The van der Waals surface area contributed by atoms with Crippen LogP contribution >= 0.6 is 15.9 Å². The molecule has 0 saturated heterocycles. The summed E-state index contributed by atoms with van der Waals surface area (Å²) in [5, 5.41) is 2.53. The molecule has 2 nitrogen and oxygen atoms in total. The van der Waals surface area contributed by atoms with Crippen molar-refractivity contribution in [1.82, 2.24) is 4.57 Å². The second kappa shape index (κ2) is 7.36. The van der Waals surface area contributed by atoms with Crippen molar-refractivity contribution < 1.29 is 4.42 Å². The zero-order valence-corrected chi connectivity index (χ0v) is 19.7. The molecule has 2 aromatic heterocycles. The van der Waals surface area contributed by atoms with Crippen LogP contribution < -0.4 is 0 Å². The van der Waals surface area contributed by atoms with Gasteiger partial charge in [0.1, 0.15) is 11.3 Å². The minimum Gasteiger partial charge on any atom is -0.456 e. The molecule has 0 bridgehead atoms. The summed E-state index contributed by atoms with van der Waals surface area (Å²) in [6.07, 6.45) is 12.0. The van der Waals surface area contributed by atoms with Crippen LogP contribution in [0.15, 0.2) is 83.3 Å². The van der Waals surface area contributed by atoms with Gasteiger partial charge in [0.25, 0.3) is 0 Å². The quantitative estimate of drug-likeness (QED) is 0.227. The van der Waals surface area contributed by atoms with E-state index in [1.54, 1.807) is 0 Å². The first-order valence-corrected chi connectivity index (χ1v) is 12.5. The second-order valence-corrected chi connectivity index (χ2v) is 10.1. The number of hydrogen-bond donors (Lipinski definition) is 0. The molecule has 33 heavy (non-hydrogen) atoms. The van der Waals surface area contributed by atoms with Crippen molar-refractivity contribution in [3.05, 3.63) is 101 Å². The maximum absolute atomic E-state index is 6.22. The lowest BCUT2D eigenvalue weighted by Crippen LogP contribution is -2.03. The number of allylic oxidation sites excluding steroid dienone is 2. The molecule has 5 aromatic rings. The largest absolute Gasteiger partial charge is 0.456 e. The summed E-state index contributed by atoms with van der Waals surface area (Å²) in [6, 6.07) is 24.2. The first-order valence-electron chi connectivity index (χ1n) is 11.5. The molecule has 2 aliphatic rings. The van der Waals surface area contributed by atoms with Crippen LogP contribution in [-0.4, -0.2) is 9.39 Å². The van der Waals surface area contributed by atoms with E-state index >= 15 is 0 Å². The van der Waals surface area contributed by atoms with Crippen LogP contribution in [0.5, 0.6) is 0 Å². The lowest BCUT2D eigenvalue weighted by Gasteiger charge is -2.13. The summed E-state index contributed by atoms with van der Waals surface area (Å²) in [6.45, 7) is 0. The molecule has 0 aliphatic heterocycles. The Bertz CT molecular complexity index is 1600. The van der Waals surface area contributed by atoms with Gasteiger partial charge in [-0.25, -0.2) is 0 Å². The molecule has 2 heterocycles. The van der Waals surface area contributed by atoms with Gasteiger partial charge in [0.2, 0.25) is 0 Å². The van der Waals surface area contributed by atoms with E-state index in [-0.39, 0.29) is 0 Å². The summed E-state index contributed by atoms with van der Waals surface area (Å²) < 4.78 is 8.65. The molecule has 0 N–H and O–H groups in total. The van der Waals surface area contributed by atoms with E-state index in [1.807, 2.05) is 0 Å². The van der Waals surface area contributed by atoms with Crippen LogP contribution in [0.3, 0.4) is 0 Å². The van der Waals surface area contributed by atoms with Crippen molar-refractivity contribution in [2.45, 2.75) is 24.1 Å². The Morgan fingerprint density at radius 2 is 1.73 bits per heavy atom. The van der Waals surface area contributed by atoms with Crippen LogP contribution in [0.25, 0.3) is 50.8 Å². The van der Waals surface area contributed by atoms with Gasteiger partial charge in [-0.2, -0.15) is 0 Å². The van der Waals surface area contributed by atoms with Crippen molar-refractivity contribution >= 4 is 50.0 Å². The Balaban J connectivity index is 1.40. The molecular weight excluding hydrogens is 470 g/mol. The van der Waals surface area contributed by atoms with Gasteiger partial charge in [-0.05, 0) is 66.8 Å². The van der Waals surface area contributed by atoms with E-state index in [1.165, 1.54) is 49.9 Å². The molecule has 3 heteroatoms. The number of para-hydroxylation sites is 1. The monoisotopic (exact) mass is 491 g/mol. The van der Waals surface area contributed by atoms with Crippen LogP contribution in [0.4, 0.5) is 0 Å². The molecule has 0 spiro atoms. The number of nitrogens with zero attached hydrogens (tertiary/aromatic N) is 1. The van der Waals surface area contributed by atoms with E-state index < -0.39 is 0 Å². The first kappa shape index (κ1) is 19.2. The molecule has 160 valence electrons. The lowest BCUT2D eigenvalue weighted by atomic mass is 9.97. The summed E-state index contributed by atoms with van der Waals surface area (Å²) in [5.74, 6) is 0.993. The lowest BCUT2D eigenvalue weighted by molar-refractivity contribution is 0.596. The third-order valence-corrected chi connectivity index (χ3v) is 7.60. The van der Waals surface area contributed by atoms with Crippen molar-refractivity contribution in [1.29, 1.82) is 0 Å². The molecule has 1 unspecified atom stereocenters. The van der Waals surface area contributed by atoms with Gasteiger partial charge in [-0.3, -0.25) is 0 Å². The fourth-order valence-corrected chi connectivity index (χ4v) is 5.90. The van der Waals surface area contributed by atoms with Crippen molar-refractivity contribution in [3.8, 4) is 16.8 Å². The summed E-state index contributed by atoms with van der Waals surface area (Å²) >= 11 is 3.72. The van der Waals surface area contributed by atoms with Crippen LogP contribution in [-0.2, 0) is 12.8 Å². The zero-order chi connectivity index (χ0) is 21.9. The zero-order valence-electron chi connectivity index (χ0n) is 18.1. The third-order valence-electron chi connectivity index (χ3n) is 6.97. The van der Waals surface area contributed by atoms with Crippen LogP contribution in [0.2, 0.25) is 0 Å². The number of alkyl halides is 1. The highest BCUT2D eigenvalue weighted by Crippen LogP contribution is 2.38. The summed E-state index contributed by atoms with van der Waals surface area (Å²) in [7, 11) is 0. The summed E-state index contributed by atoms with van der Waals surface area (Å²) in [4.78, 5) is 0.376. The minimum atomic E-state index is 0.376. The van der Waals surface area contributed by atoms with E-state index in [4.69, 9.17) is 4.42 Å². The number of aromatic nitrogens is 1. The average Bonchev–Trinajstić information content (AvgIpc) is 3.39. The SMILES string of the molecule is BrC1C=Cc2oc3cc(-c4ccc5c(c4)c4c(n5-c5ccccc5)CCC=C4)ccc3c2C1. The molecule has 7 rings (SSSR count). The van der Waals surface area contributed by atoms with E-state index in [9.17, 15) is 0 Å². The Morgan fingerprint density at radius 1 is 0.879 bits per heavy atom. The number of hydrogen-bond acceptors (Lipinski definition) is 1. The predicted molar refractivity (Wildman–Crippen MR) is 141 cm³/mol. The van der Waals surface area contributed by atoms with Gasteiger partial charge >= 0.3 is 0 Å². The van der Waals surface area contributed by atoms with Crippen molar-refractivity contribution in [2.75, 3.05) is 0 Å². The number of furan rings is 1. The average molecular weight is 492 g/mol. The van der Waals surface area contributed by atoms with Crippen molar-refractivity contribution in [3.63, 3.8) is 0 Å². The maximum Gasteiger partial charge on any atom is 0.135 e. The smallest absolute Gasteiger partial charge is 0.135 e. The van der Waals surface area contributed by atoms with Gasteiger partial charge in [-0.15, -0.1) is 0 Å². The fourth-order valence-electron chi connectivity index (χ4n) is 5.42. The van der Waals surface area contributed by atoms with E-state index in [0.29, 0.717) is 4.83 Å². The number of rotatable bonds is 2. The molecule has 3 aromatic carbocycles. The molecular formula is C30H22BrNO. The van der Waals surface area contributed by atoms with Gasteiger partial charge < -0.3 is 8.98 Å². The minimum absolute atomic E-state index is 0.376.